The van der Waals surface area contributed by atoms with Crippen molar-refractivity contribution in [1.82, 2.24) is 0 Å². The van der Waals surface area contributed by atoms with Crippen molar-refractivity contribution in [3.8, 4) is 5.75 Å². The van der Waals surface area contributed by atoms with Gasteiger partial charge in [-0.2, -0.15) is 0 Å². The second-order valence-electron chi connectivity index (χ2n) is 3.89. The third kappa shape index (κ3) is 3.58. The number of hydrogen-bond donors (Lipinski definition) is 2. The predicted octanol–water partition coefficient (Wildman–Crippen LogP) is 2.72. The zero-order valence-electron chi connectivity index (χ0n) is 9.86. The highest BCUT2D eigenvalue weighted by Crippen LogP contribution is 2.37. The van der Waals surface area contributed by atoms with Gasteiger partial charge in [0.25, 0.3) is 0 Å². The minimum Gasteiger partial charge on any atom is -0.488 e. The van der Waals surface area contributed by atoms with Gasteiger partial charge in [0.1, 0.15) is 17.7 Å². The first-order valence-corrected chi connectivity index (χ1v) is 7.49. The van der Waals surface area contributed by atoms with E-state index in [0.717, 1.165) is 5.56 Å². The second kappa shape index (κ2) is 5.76. The lowest BCUT2D eigenvalue weighted by molar-refractivity contribution is 0.306. The van der Waals surface area contributed by atoms with E-state index in [1.807, 2.05) is 6.07 Å². The van der Waals surface area contributed by atoms with E-state index in [1.165, 1.54) is 12.1 Å². The molecule has 0 heterocycles. The molecule has 2 rings (SSSR count). The molecule has 0 aliphatic rings. The highest BCUT2D eigenvalue weighted by atomic mass is 35.5. The molecule has 0 atom stereocenters. The van der Waals surface area contributed by atoms with Gasteiger partial charge in [-0.3, -0.25) is 4.57 Å². The SMILES string of the molecule is O=P(O)(O)c1ccccc1OCc1ccccc1Cl. The van der Waals surface area contributed by atoms with Crippen molar-refractivity contribution in [3.05, 3.63) is 59.1 Å². The highest BCUT2D eigenvalue weighted by molar-refractivity contribution is 7.60. The van der Waals surface area contributed by atoms with Crippen molar-refractivity contribution >= 4 is 24.5 Å². The number of benzene rings is 2. The largest absolute Gasteiger partial charge is 0.488 e. The fourth-order valence-electron chi connectivity index (χ4n) is 1.59. The fraction of sp³-hybridized carbons (Fsp3) is 0.0769. The number of hydrogen-bond acceptors (Lipinski definition) is 2. The summed E-state index contributed by atoms with van der Waals surface area (Å²) in [6.45, 7) is 0.149. The van der Waals surface area contributed by atoms with Gasteiger partial charge in [0.15, 0.2) is 0 Å². The summed E-state index contributed by atoms with van der Waals surface area (Å²) in [4.78, 5) is 18.5. The maximum atomic E-state index is 11.3. The van der Waals surface area contributed by atoms with Crippen molar-refractivity contribution < 1.29 is 19.1 Å². The van der Waals surface area contributed by atoms with Crippen LogP contribution in [0.1, 0.15) is 5.56 Å². The average molecular weight is 299 g/mol. The molecule has 2 aromatic rings. The van der Waals surface area contributed by atoms with Crippen LogP contribution >= 0.6 is 19.2 Å². The maximum Gasteiger partial charge on any atom is 0.359 e. The summed E-state index contributed by atoms with van der Waals surface area (Å²) in [6, 6.07) is 13.2. The second-order valence-corrected chi connectivity index (χ2v) is 5.87. The van der Waals surface area contributed by atoms with Gasteiger partial charge in [-0.25, -0.2) is 0 Å². The molecule has 100 valence electrons. The maximum absolute atomic E-state index is 11.3. The molecule has 0 aromatic heterocycles. The molecule has 0 saturated carbocycles. The summed E-state index contributed by atoms with van der Waals surface area (Å²) in [5.41, 5.74) is 0.754. The molecule has 0 aliphatic heterocycles. The van der Waals surface area contributed by atoms with Crippen LogP contribution in [0.4, 0.5) is 0 Å². The van der Waals surface area contributed by atoms with E-state index in [-0.39, 0.29) is 17.7 Å². The average Bonchev–Trinajstić information content (AvgIpc) is 2.37. The van der Waals surface area contributed by atoms with Gasteiger partial charge in [0.05, 0.1) is 0 Å². The lowest BCUT2D eigenvalue weighted by atomic mass is 10.2. The predicted molar refractivity (Wildman–Crippen MR) is 73.9 cm³/mol. The third-order valence-corrected chi connectivity index (χ3v) is 3.89. The molecule has 6 heteroatoms. The molecule has 0 bridgehead atoms. The Balaban J connectivity index is 2.21. The molecule has 0 saturated heterocycles. The Kier molecular flexibility index (Phi) is 4.27. The molecule has 0 amide bonds. The zero-order chi connectivity index (χ0) is 13.9. The molecule has 2 aromatic carbocycles. The van der Waals surface area contributed by atoms with Crippen LogP contribution in [-0.4, -0.2) is 9.79 Å². The van der Waals surface area contributed by atoms with Gasteiger partial charge in [-0.05, 0) is 18.2 Å². The van der Waals surface area contributed by atoms with Crippen LogP contribution in [0.15, 0.2) is 48.5 Å². The molecule has 19 heavy (non-hydrogen) atoms. The smallest absolute Gasteiger partial charge is 0.359 e. The van der Waals surface area contributed by atoms with Crippen LogP contribution < -0.4 is 10.0 Å². The Morgan fingerprint density at radius 2 is 1.68 bits per heavy atom. The van der Waals surface area contributed by atoms with E-state index >= 15 is 0 Å². The molecule has 0 spiro atoms. The minimum atomic E-state index is -4.35. The minimum absolute atomic E-state index is 0.123. The van der Waals surface area contributed by atoms with Crippen molar-refractivity contribution in [2.45, 2.75) is 6.61 Å². The first-order valence-electron chi connectivity index (χ1n) is 5.50. The Labute approximate surface area is 115 Å². The summed E-state index contributed by atoms with van der Waals surface area (Å²) < 4.78 is 16.8. The van der Waals surface area contributed by atoms with Crippen LogP contribution in [0.25, 0.3) is 0 Å². The van der Waals surface area contributed by atoms with Crippen molar-refractivity contribution in [2.24, 2.45) is 0 Å². The lowest BCUT2D eigenvalue weighted by Crippen LogP contribution is -2.09. The summed E-state index contributed by atoms with van der Waals surface area (Å²) in [6.07, 6.45) is 0. The first kappa shape index (κ1) is 14.1. The monoisotopic (exact) mass is 298 g/mol. The van der Waals surface area contributed by atoms with Crippen LogP contribution in [-0.2, 0) is 11.2 Å². The quantitative estimate of drug-likeness (QED) is 0.852. The van der Waals surface area contributed by atoms with Crippen LogP contribution in [0.2, 0.25) is 5.02 Å². The normalized spacial score (nSPS) is 11.3. The molecular weight excluding hydrogens is 287 g/mol. The van der Waals surface area contributed by atoms with E-state index in [2.05, 4.69) is 0 Å². The van der Waals surface area contributed by atoms with Crippen LogP contribution in [0.5, 0.6) is 5.75 Å². The van der Waals surface area contributed by atoms with E-state index < -0.39 is 7.60 Å². The van der Waals surface area contributed by atoms with Crippen molar-refractivity contribution in [1.29, 1.82) is 0 Å². The first-order chi connectivity index (χ1) is 8.98. The van der Waals surface area contributed by atoms with Gasteiger partial charge < -0.3 is 14.5 Å². The summed E-state index contributed by atoms with van der Waals surface area (Å²) >= 11 is 5.99. The van der Waals surface area contributed by atoms with E-state index in [1.54, 1.807) is 30.3 Å². The van der Waals surface area contributed by atoms with E-state index in [0.29, 0.717) is 5.02 Å². The number of halogens is 1. The van der Waals surface area contributed by atoms with Crippen molar-refractivity contribution in [3.63, 3.8) is 0 Å². The third-order valence-electron chi connectivity index (χ3n) is 2.52. The molecule has 0 unspecified atom stereocenters. The van der Waals surface area contributed by atoms with Gasteiger partial charge in [-0.1, -0.05) is 41.9 Å². The molecule has 0 fully saturated rings. The Hall–Kier alpha value is -1.32. The zero-order valence-corrected chi connectivity index (χ0v) is 11.5. The van der Waals surface area contributed by atoms with Crippen molar-refractivity contribution in [2.75, 3.05) is 0 Å². The topological polar surface area (TPSA) is 66.8 Å². The van der Waals surface area contributed by atoms with E-state index in [4.69, 9.17) is 16.3 Å². The van der Waals surface area contributed by atoms with Crippen LogP contribution in [0.3, 0.4) is 0 Å². The number of rotatable bonds is 4. The summed E-state index contributed by atoms with van der Waals surface area (Å²) in [5, 5.41) is 0.429. The molecule has 0 radical (unpaired) electrons. The Morgan fingerprint density at radius 3 is 2.37 bits per heavy atom. The molecule has 4 nitrogen and oxygen atoms in total. The van der Waals surface area contributed by atoms with Gasteiger partial charge in [-0.15, -0.1) is 0 Å². The molecule has 2 N–H and O–H groups in total. The van der Waals surface area contributed by atoms with E-state index in [9.17, 15) is 14.4 Å². The number of para-hydroxylation sites is 1. The lowest BCUT2D eigenvalue weighted by Gasteiger charge is -2.12. The summed E-state index contributed by atoms with van der Waals surface area (Å²) in [7, 11) is -4.35. The van der Waals surface area contributed by atoms with Gasteiger partial charge in [0.2, 0.25) is 0 Å². The molecular formula is C13H12ClO4P. The fourth-order valence-corrected chi connectivity index (χ4v) is 2.49. The Morgan fingerprint density at radius 1 is 1.05 bits per heavy atom. The summed E-state index contributed by atoms with van der Waals surface area (Å²) in [5.74, 6) is 0.163. The molecule has 0 aliphatic carbocycles. The van der Waals surface area contributed by atoms with Gasteiger partial charge in [0, 0.05) is 10.6 Å². The van der Waals surface area contributed by atoms with Crippen LogP contribution in [0, 0.1) is 0 Å². The number of ether oxygens (including phenoxy) is 1. The Bertz CT molecular complexity index is 624. The standard InChI is InChI=1S/C13H12ClO4P/c14-11-6-2-1-5-10(11)9-18-12-7-3-4-8-13(12)19(15,16)17/h1-8H,9H2,(H2,15,16,17). The van der Waals surface area contributed by atoms with Gasteiger partial charge >= 0.3 is 7.60 Å². The highest BCUT2D eigenvalue weighted by Gasteiger charge is 2.22.